The summed E-state index contributed by atoms with van der Waals surface area (Å²) in [5.41, 5.74) is 6.84. The first-order valence-corrected chi connectivity index (χ1v) is 8.28. The van der Waals surface area contributed by atoms with Crippen LogP contribution in [0.25, 0.3) is 5.70 Å². The van der Waals surface area contributed by atoms with Gasteiger partial charge in [0.2, 0.25) is 0 Å². The molecule has 126 valence electrons. The van der Waals surface area contributed by atoms with Crippen molar-refractivity contribution >= 4 is 28.6 Å². The second kappa shape index (κ2) is 7.63. The number of nitrogen functional groups attached to an aromatic ring is 1. The van der Waals surface area contributed by atoms with E-state index in [2.05, 4.69) is 20.3 Å². The quantitative estimate of drug-likeness (QED) is 0.591. The van der Waals surface area contributed by atoms with Gasteiger partial charge in [-0.05, 0) is 18.2 Å². The summed E-state index contributed by atoms with van der Waals surface area (Å²) in [6.07, 6.45) is 4.73. The van der Waals surface area contributed by atoms with Crippen LogP contribution in [0.3, 0.4) is 0 Å². The van der Waals surface area contributed by atoms with Gasteiger partial charge in [0.05, 0.1) is 5.70 Å². The molecule has 0 aliphatic rings. The summed E-state index contributed by atoms with van der Waals surface area (Å²) in [4.78, 5) is 12.3. The standard InChI is InChI=1S/C17H15FN6S/c18-12-4-2-1-3-11(12)10-23-14(17-22-7-8-25-17)9-13(19)16-21-6-5-15(20)24-16/h1-9,19,23H,10H2,(H2,20,21,24)/b14-9-,19-13?. The molecule has 0 spiro atoms. The topological polar surface area (TPSA) is 101 Å². The molecule has 0 aliphatic heterocycles. The highest BCUT2D eigenvalue weighted by Crippen LogP contribution is 2.17. The zero-order valence-electron chi connectivity index (χ0n) is 13.1. The fourth-order valence-corrected chi connectivity index (χ4v) is 2.72. The Hall–Kier alpha value is -3.13. The summed E-state index contributed by atoms with van der Waals surface area (Å²) in [7, 11) is 0. The Morgan fingerprint density at radius 1 is 1.24 bits per heavy atom. The van der Waals surface area contributed by atoms with Crippen molar-refractivity contribution in [1.29, 1.82) is 5.41 Å². The van der Waals surface area contributed by atoms with Gasteiger partial charge in [-0.3, -0.25) is 5.41 Å². The van der Waals surface area contributed by atoms with Crippen LogP contribution in [0.4, 0.5) is 10.2 Å². The molecule has 4 N–H and O–H groups in total. The van der Waals surface area contributed by atoms with Gasteiger partial charge in [-0.15, -0.1) is 11.3 Å². The molecule has 2 heterocycles. The van der Waals surface area contributed by atoms with E-state index in [9.17, 15) is 4.39 Å². The molecule has 0 amide bonds. The molecule has 2 aromatic heterocycles. The third kappa shape index (κ3) is 4.24. The second-order valence-corrected chi connectivity index (χ2v) is 5.95. The van der Waals surface area contributed by atoms with Gasteiger partial charge in [0, 0.05) is 29.9 Å². The molecule has 0 aliphatic carbocycles. The van der Waals surface area contributed by atoms with Crippen LogP contribution in [0, 0.1) is 11.2 Å². The maximum absolute atomic E-state index is 13.8. The molecule has 3 rings (SSSR count). The minimum absolute atomic E-state index is 0.0820. The highest BCUT2D eigenvalue weighted by Gasteiger charge is 2.10. The third-order valence-corrected chi connectivity index (χ3v) is 4.10. The van der Waals surface area contributed by atoms with E-state index in [1.165, 1.54) is 23.6 Å². The van der Waals surface area contributed by atoms with E-state index in [-0.39, 0.29) is 23.9 Å². The monoisotopic (exact) mass is 354 g/mol. The maximum atomic E-state index is 13.8. The van der Waals surface area contributed by atoms with Crippen molar-refractivity contribution in [2.75, 3.05) is 5.73 Å². The molecule has 0 fully saturated rings. The largest absolute Gasteiger partial charge is 0.384 e. The lowest BCUT2D eigenvalue weighted by molar-refractivity contribution is 0.605. The van der Waals surface area contributed by atoms with Gasteiger partial charge in [-0.25, -0.2) is 19.3 Å². The van der Waals surface area contributed by atoms with Gasteiger partial charge >= 0.3 is 0 Å². The lowest BCUT2D eigenvalue weighted by Gasteiger charge is -2.10. The fourth-order valence-electron chi connectivity index (χ4n) is 2.09. The molecule has 6 nitrogen and oxygen atoms in total. The van der Waals surface area contributed by atoms with Crippen molar-refractivity contribution in [2.45, 2.75) is 6.54 Å². The number of anilines is 1. The molecule has 0 bridgehead atoms. The van der Waals surface area contributed by atoms with Crippen LogP contribution < -0.4 is 11.1 Å². The van der Waals surface area contributed by atoms with Crippen LogP contribution in [0.5, 0.6) is 0 Å². The summed E-state index contributed by atoms with van der Waals surface area (Å²) in [6.45, 7) is 0.267. The first-order chi connectivity index (χ1) is 12.1. The van der Waals surface area contributed by atoms with Gasteiger partial charge in [0.1, 0.15) is 22.4 Å². The zero-order valence-corrected chi connectivity index (χ0v) is 13.9. The average Bonchev–Trinajstić information content (AvgIpc) is 3.14. The predicted molar refractivity (Wildman–Crippen MR) is 96.6 cm³/mol. The first-order valence-electron chi connectivity index (χ1n) is 7.40. The molecule has 0 saturated heterocycles. The molecule has 25 heavy (non-hydrogen) atoms. The molecule has 1 aromatic carbocycles. The Bertz CT molecular complexity index is 907. The Kier molecular flexibility index (Phi) is 5.10. The summed E-state index contributed by atoms with van der Waals surface area (Å²) < 4.78 is 13.8. The Morgan fingerprint density at radius 2 is 2.08 bits per heavy atom. The Labute approximate surface area is 147 Å². The zero-order chi connectivity index (χ0) is 17.6. The van der Waals surface area contributed by atoms with Gasteiger partial charge in [-0.2, -0.15) is 0 Å². The number of thiazole rings is 1. The predicted octanol–water partition coefficient (Wildman–Crippen LogP) is 2.85. The molecular formula is C17H15FN6S. The number of benzene rings is 1. The van der Waals surface area contributed by atoms with Crippen molar-refractivity contribution < 1.29 is 4.39 Å². The van der Waals surface area contributed by atoms with Gasteiger partial charge in [0.15, 0.2) is 5.82 Å². The van der Waals surface area contributed by atoms with E-state index in [1.54, 1.807) is 36.5 Å². The summed E-state index contributed by atoms with van der Waals surface area (Å²) in [5, 5.41) is 13.8. The number of rotatable bonds is 6. The van der Waals surface area contributed by atoms with Crippen LogP contribution in [0.1, 0.15) is 16.4 Å². The normalized spacial score (nSPS) is 11.3. The molecule has 0 radical (unpaired) electrons. The maximum Gasteiger partial charge on any atom is 0.179 e. The van der Waals surface area contributed by atoms with Gasteiger partial charge in [-0.1, -0.05) is 18.2 Å². The first kappa shape index (κ1) is 16.7. The van der Waals surface area contributed by atoms with Crippen LogP contribution in [-0.4, -0.2) is 20.7 Å². The van der Waals surface area contributed by atoms with Gasteiger partial charge in [0.25, 0.3) is 0 Å². The highest BCUT2D eigenvalue weighted by molar-refractivity contribution is 7.10. The second-order valence-electron chi connectivity index (χ2n) is 5.06. The minimum atomic E-state index is -0.289. The number of hydrogen-bond donors (Lipinski definition) is 3. The number of allylic oxidation sites excluding steroid dienone is 1. The number of nitrogens with one attached hydrogen (secondary N) is 2. The van der Waals surface area contributed by atoms with Crippen molar-refractivity contribution in [3.8, 4) is 0 Å². The molecule has 0 saturated carbocycles. The Balaban J connectivity index is 1.85. The molecule has 0 atom stereocenters. The molecule has 8 heteroatoms. The SMILES string of the molecule is N=C(/C=C(\NCc1ccccc1F)c1nccs1)c1nccc(N)n1. The van der Waals surface area contributed by atoms with Crippen LogP contribution in [-0.2, 0) is 6.54 Å². The van der Waals surface area contributed by atoms with E-state index < -0.39 is 0 Å². The summed E-state index contributed by atoms with van der Waals surface area (Å²) in [6, 6.07) is 8.08. The van der Waals surface area contributed by atoms with E-state index >= 15 is 0 Å². The van der Waals surface area contributed by atoms with E-state index in [4.69, 9.17) is 11.1 Å². The number of nitrogens with zero attached hydrogens (tertiary/aromatic N) is 3. The van der Waals surface area contributed by atoms with Crippen molar-refractivity contribution in [3.05, 3.63) is 76.4 Å². The van der Waals surface area contributed by atoms with Crippen LogP contribution in [0.2, 0.25) is 0 Å². The number of aromatic nitrogens is 3. The fraction of sp³-hybridized carbons (Fsp3) is 0.0588. The number of hydrogen-bond acceptors (Lipinski definition) is 7. The lowest BCUT2D eigenvalue weighted by Crippen LogP contribution is -2.15. The van der Waals surface area contributed by atoms with Crippen LogP contribution in [0.15, 0.2) is 54.2 Å². The summed E-state index contributed by atoms with van der Waals surface area (Å²) >= 11 is 1.41. The van der Waals surface area contributed by atoms with E-state index in [1.807, 2.05) is 5.38 Å². The van der Waals surface area contributed by atoms with E-state index in [0.29, 0.717) is 22.1 Å². The van der Waals surface area contributed by atoms with Crippen molar-refractivity contribution in [2.24, 2.45) is 0 Å². The lowest BCUT2D eigenvalue weighted by atomic mass is 10.2. The molecule has 3 aromatic rings. The number of halogens is 1. The molecular weight excluding hydrogens is 339 g/mol. The van der Waals surface area contributed by atoms with Crippen molar-refractivity contribution in [3.63, 3.8) is 0 Å². The van der Waals surface area contributed by atoms with E-state index in [0.717, 1.165) is 0 Å². The highest BCUT2D eigenvalue weighted by atomic mass is 32.1. The van der Waals surface area contributed by atoms with Crippen LogP contribution >= 0.6 is 11.3 Å². The number of nitrogens with two attached hydrogens (primary N) is 1. The summed E-state index contributed by atoms with van der Waals surface area (Å²) in [5.74, 6) is 0.211. The third-order valence-electron chi connectivity index (χ3n) is 3.30. The molecule has 0 unspecified atom stereocenters. The smallest absolute Gasteiger partial charge is 0.179 e. The van der Waals surface area contributed by atoms with Crippen molar-refractivity contribution in [1.82, 2.24) is 20.3 Å². The Morgan fingerprint density at radius 3 is 2.80 bits per heavy atom. The average molecular weight is 354 g/mol. The van der Waals surface area contributed by atoms with Gasteiger partial charge < -0.3 is 11.1 Å². The minimum Gasteiger partial charge on any atom is -0.384 e.